The van der Waals surface area contributed by atoms with Crippen LogP contribution in [0.1, 0.15) is 88.0 Å². The minimum Gasteiger partial charge on any atom is -0.487 e. The molecule has 0 bridgehead atoms. The third kappa shape index (κ3) is 10.6. The number of rotatable bonds is 13. The van der Waals surface area contributed by atoms with Gasteiger partial charge in [-0.1, -0.05) is 40.5 Å². The zero-order chi connectivity index (χ0) is 28.3. The number of fused-ring (bicyclic) bond motifs is 1. The summed E-state index contributed by atoms with van der Waals surface area (Å²) in [5, 5.41) is 0.594. The van der Waals surface area contributed by atoms with Crippen molar-refractivity contribution in [1.29, 1.82) is 0 Å². The molecule has 0 aliphatic carbocycles. The largest absolute Gasteiger partial charge is 0.487 e. The summed E-state index contributed by atoms with van der Waals surface area (Å²) in [5.41, 5.74) is 4.41. The fourth-order valence-corrected chi connectivity index (χ4v) is 3.77. The monoisotopic (exact) mass is 522 g/mol. The molecule has 0 atom stereocenters. The second kappa shape index (κ2) is 14.7. The zero-order valence-electron chi connectivity index (χ0n) is 24.8. The van der Waals surface area contributed by atoms with Gasteiger partial charge in [0.2, 0.25) is 5.75 Å². The van der Waals surface area contributed by atoms with Crippen LogP contribution < -0.4 is 19.8 Å². The molecule has 2 rings (SSSR count). The van der Waals surface area contributed by atoms with Gasteiger partial charge in [0.25, 0.3) is 0 Å². The average molecular weight is 523 g/mol. The fourth-order valence-electron chi connectivity index (χ4n) is 3.77. The third-order valence-electron chi connectivity index (χ3n) is 5.73. The van der Waals surface area contributed by atoms with Gasteiger partial charge in [-0.25, -0.2) is 4.79 Å². The van der Waals surface area contributed by atoms with E-state index in [1.165, 1.54) is 22.3 Å². The van der Waals surface area contributed by atoms with Gasteiger partial charge in [0.15, 0.2) is 5.75 Å². The van der Waals surface area contributed by atoms with E-state index in [4.69, 9.17) is 18.6 Å². The first kappa shape index (κ1) is 31.0. The van der Waals surface area contributed by atoms with Crippen LogP contribution in [-0.4, -0.2) is 18.8 Å². The van der Waals surface area contributed by atoms with Crippen molar-refractivity contribution in [3.8, 4) is 17.2 Å². The molecule has 5 nitrogen and oxygen atoms in total. The summed E-state index contributed by atoms with van der Waals surface area (Å²) < 4.78 is 24.1. The van der Waals surface area contributed by atoms with Crippen LogP contribution in [0.15, 0.2) is 74.0 Å². The van der Waals surface area contributed by atoms with E-state index in [-0.39, 0.29) is 12.4 Å². The van der Waals surface area contributed by atoms with Crippen molar-refractivity contribution in [1.82, 2.24) is 0 Å². The lowest BCUT2D eigenvalue weighted by Crippen LogP contribution is -2.23. The van der Waals surface area contributed by atoms with Crippen LogP contribution in [0.2, 0.25) is 0 Å². The van der Waals surface area contributed by atoms with Crippen LogP contribution in [-0.2, 0) is 0 Å². The zero-order valence-corrected chi connectivity index (χ0v) is 24.8. The Morgan fingerprint density at radius 3 is 1.82 bits per heavy atom. The highest BCUT2D eigenvalue weighted by molar-refractivity contribution is 5.91. The molecule has 0 aliphatic rings. The number of hydrogen-bond acceptors (Lipinski definition) is 5. The molecule has 0 saturated carbocycles. The molecule has 1 heterocycles. The number of ether oxygens (including phenoxy) is 3. The lowest BCUT2D eigenvalue weighted by atomic mass is 10.1. The lowest BCUT2D eigenvalue weighted by molar-refractivity contribution is 0.132. The van der Waals surface area contributed by atoms with Crippen LogP contribution in [0.25, 0.3) is 11.0 Å². The summed E-state index contributed by atoms with van der Waals surface area (Å²) in [7, 11) is 0. The minimum absolute atomic E-state index is 0.0615. The van der Waals surface area contributed by atoms with E-state index in [2.05, 4.69) is 53.7 Å². The van der Waals surface area contributed by atoms with Gasteiger partial charge in [0.05, 0.1) is 0 Å². The first-order chi connectivity index (χ1) is 17.9. The van der Waals surface area contributed by atoms with E-state index in [0.29, 0.717) is 29.1 Å². The Morgan fingerprint density at radius 2 is 1.32 bits per heavy atom. The molecule has 2 aromatic rings. The minimum atomic E-state index is -0.569. The van der Waals surface area contributed by atoms with Crippen molar-refractivity contribution in [3.63, 3.8) is 0 Å². The molecule has 5 heteroatoms. The maximum absolute atomic E-state index is 13.0. The van der Waals surface area contributed by atoms with Gasteiger partial charge in [-0.3, -0.25) is 0 Å². The molecule has 0 aliphatic heterocycles. The molecule has 0 radical (unpaired) electrons. The molecule has 0 N–H and O–H groups in total. The normalized spacial score (nSPS) is 12.3. The third-order valence-corrected chi connectivity index (χ3v) is 5.73. The van der Waals surface area contributed by atoms with Crippen LogP contribution in [0.5, 0.6) is 17.2 Å². The van der Waals surface area contributed by atoms with E-state index < -0.39 is 11.2 Å². The Morgan fingerprint density at radius 1 is 0.789 bits per heavy atom. The van der Waals surface area contributed by atoms with Crippen molar-refractivity contribution in [2.75, 3.05) is 13.2 Å². The lowest BCUT2D eigenvalue weighted by Gasteiger charge is -2.23. The molecule has 0 saturated heterocycles. The van der Waals surface area contributed by atoms with Crippen LogP contribution in [0.4, 0.5) is 0 Å². The fraction of sp³-hybridized carbons (Fsp3) is 0.485. The second-order valence-electron chi connectivity index (χ2n) is 11.3. The Bertz CT molecular complexity index is 1240. The van der Waals surface area contributed by atoms with Gasteiger partial charge in [-0.15, -0.1) is 0 Å². The van der Waals surface area contributed by atoms with Crippen molar-refractivity contribution in [3.05, 3.63) is 75.2 Å². The second-order valence-corrected chi connectivity index (χ2v) is 11.3. The van der Waals surface area contributed by atoms with E-state index >= 15 is 0 Å². The Kier molecular flexibility index (Phi) is 12.0. The summed E-state index contributed by atoms with van der Waals surface area (Å²) >= 11 is 0. The molecule has 1 aromatic heterocycles. The molecule has 38 heavy (non-hydrogen) atoms. The van der Waals surface area contributed by atoms with Crippen LogP contribution in [0.3, 0.4) is 0 Å². The SMILES string of the molecule is CC(C)=CCC/C(C)=C/COc1c(OC/C=C(\C)CCC=C(C)C)c2c(OC(C)(C)C)cccc2oc1=O. The first-order valence-electron chi connectivity index (χ1n) is 13.5. The molecular formula is C33H46O5. The first-order valence-corrected chi connectivity index (χ1v) is 13.5. The highest BCUT2D eigenvalue weighted by Crippen LogP contribution is 2.40. The Hall–Kier alpha value is -3.21. The van der Waals surface area contributed by atoms with E-state index in [0.717, 1.165) is 25.7 Å². The van der Waals surface area contributed by atoms with Gasteiger partial charge in [0, 0.05) is 0 Å². The highest BCUT2D eigenvalue weighted by Gasteiger charge is 2.23. The van der Waals surface area contributed by atoms with Crippen molar-refractivity contribution in [2.24, 2.45) is 0 Å². The highest BCUT2D eigenvalue weighted by atomic mass is 16.5. The van der Waals surface area contributed by atoms with Crippen molar-refractivity contribution >= 4 is 11.0 Å². The maximum atomic E-state index is 13.0. The number of allylic oxidation sites excluding steroid dienone is 6. The molecule has 0 spiro atoms. The van der Waals surface area contributed by atoms with Gasteiger partial charge >= 0.3 is 5.63 Å². The average Bonchev–Trinajstić information content (AvgIpc) is 2.79. The predicted octanol–water partition coefficient (Wildman–Crippen LogP) is 9.11. The topological polar surface area (TPSA) is 57.9 Å². The molecule has 0 amide bonds. The predicted molar refractivity (Wildman–Crippen MR) is 159 cm³/mol. The van der Waals surface area contributed by atoms with Gasteiger partial charge in [-0.2, -0.15) is 0 Å². The summed E-state index contributed by atoms with van der Waals surface area (Å²) in [6.07, 6.45) is 12.3. The van der Waals surface area contributed by atoms with Gasteiger partial charge < -0.3 is 18.6 Å². The van der Waals surface area contributed by atoms with Crippen molar-refractivity contribution in [2.45, 2.75) is 93.6 Å². The summed E-state index contributed by atoms with van der Waals surface area (Å²) in [4.78, 5) is 13.0. The van der Waals surface area contributed by atoms with Crippen molar-refractivity contribution < 1.29 is 18.6 Å². The number of hydrogen-bond donors (Lipinski definition) is 0. The van der Waals surface area contributed by atoms with E-state index in [9.17, 15) is 4.79 Å². The summed E-state index contributed by atoms with van der Waals surface area (Å²) in [5.74, 6) is 0.989. The van der Waals surface area contributed by atoms with E-state index in [1.807, 2.05) is 45.1 Å². The van der Waals surface area contributed by atoms with Crippen LogP contribution >= 0.6 is 0 Å². The van der Waals surface area contributed by atoms with Gasteiger partial charge in [0.1, 0.15) is 35.5 Å². The standard InChI is InChI=1S/C33H46O5/c1-23(2)13-10-15-25(5)19-21-35-30-29-27(17-12-18-28(29)38-33(7,8)9)37-32(34)31(30)36-22-20-26(6)16-11-14-24(3)4/h12-14,17-20H,10-11,15-16,21-22H2,1-9H3/b25-19+,26-20+. The smallest absolute Gasteiger partial charge is 0.383 e. The molecule has 0 unspecified atom stereocenters. The Labute approximate surface area is 228 Å². The number of benzene rings is 1. The molecule has 208 valence electrons. The van der Waals surface area contributed by atoms with E-state index in [1.54, 1.807) is 6.07 Å². The molecule has 0 fully saturated rings. The van der Waals surface area contributed by atoms with Crippen LogP contribution in [0, 0.1) is 0 Å². The van der Waals surface area contributed by atoms with Gasteiger partial charge in [-0.05, 0) is 112 Å². The summed E-state index contributed by atoms with van der Waals surface area (Å²) in [6, 6.07) is 5.41. The molecular weight excluding hydrogens is 476 g/mol. The Balaban J connectivity index is 2.41. The quantitative estimate of drug-likeness (QED) is 0.194. The summed E-state index contributed by atoms with van der Waals surface area (Å²) in [6.45, 7) is 19.0. The maximum Gasteiger partial charge on any atom is 0.383 e. The molecule has 1 aromatic carbocycles.